The maximum absolute atomic E-state index is 14.6. The number of ether oxygens (including phenoxy) is 2. The monoisotopic (exact) mass is 838 g/mol. The Bertz CT molecular complexity index is 2150. The van der Waals surface area contributed by atoms with Crippen molar-refractivity contribution < 1.29 is 38.2 Å². The molecule has 1 aliphatic heterocycles. The van der Waals surface area contributed by atoms with E-state index < -0.39 is 65.6 Å². The van der Waals surface area contributed by atoms with Crippen LogP contribution in [0.3, 0.4) is 0 Å². The number of hydrogen-bond donors (Lipinski definition) is 7. The van der Waals surface area contributed by atoms with Crippen molar-refractivity contribution in [1.29, 1.82) is 0 Å². The lowest BCUT2D eigenvalue weighted by molar-refractivity contribution is -0.150. The number of aromatic nitrogens is 1. The van der Waals surface area contributed by atoms with E-state index in [4.69, 9.17) is 15.2 Å². The fourth-order valence-corrected chi connectivity index (χ4v) is 7.41. The molecule has 5 atom stereocenters. The number of anilines is 1. The number of carbonyl (C=O) groups excluding carboxylic acids is 6. The number of nitrogens with one attached hydrogen (secondary N) is 6. The zero-order chi connectivity index (χ0) is 44.1. The summed E-state index contributed by atoms with van der Waals surface area (Å²) in [4.78, 5) is 85.0. The van der Waals surface area contributed by atoms with Crippen molar-refractivity contribution in [3.05, 3.63) is 102 Å². The highest BCUT2D eigenvalue weighted by Crippen LogP contribution is 2.23. The van der Waals surface area contributed by atoms with Crippen molar-refractivity contribution in [3.8, 4) is 0 Å². The number of rotatable bonds is 18. The van der Waals surface area contributed by atoms with Gasteiger partial charge < -0.3 is 46.4 Å². The number of piperazine rings is 1. The zero-order valence-corrected chi connectivity index (χ0v) is 35.4. The van der Waals surface area contributed by atoms with Crippen LogP contribution in [0.25, 0.3) is 10.9 Å². The van der Waals surface area contributed by atoms with Crippen LogP contribution in [0.1, 0.15) is 63.1 Å². The second-order valence-electron chi connectivity index (χ2n) is 16.3. The molecule has 6 amide bonds. The van der Waals surface area contributed by atoms with Gasteiger partial charge in [-0.1, -0.05) is 66.7 Å². The number of esters is 1. The van der Waals surface area contributed by atoms with E-state index in [1.54, 1.807) is 27.0 Å². The molecule has 326 valence electrons. The minimum Gasteiger partial charge on any atom is -0.469 e. The average Bonchev–Trinajstić information content (AvgIpc) is 3.62. The minimum atomic E-state index is -1.11. The molecule has 0 aliphatic carbocycles. The second-order valence-corrected chi connectivity index (χ2v) is 16.3. The molecule has 3 aromatic carbocycles. The summed E-state index contributed by atoms with van der Waals surface area (Å²) in [6.45, 7) is 7.34. The summed E-state index contributed by atoms with van der Waals surface area (Å²) >= 11 is 0. The molecule has 1 saturated heterocycles. The number of aromatic amines is 1. The average molecular weight is 839 g/mol. The number of unbranched alkanes of at least 4 members (excludes halogenated alkanes) is 1. The van der Waals surface area contributed by atoms with Gasteiger partial charge in [0.15, 0.2) is 0 Å². The van der Waals surface area contributed by atoms with Gasteiger partial charge in [-0.15, -0.1) is 0 Å². The van der Waals surface area contributed by atoms with E-state index in [1.807, 2.05) is 85.8 Å². The van der Waals surface area contributed by atoms with Gasteiger partial charge in [-0.3, -0.25) is 24.5 Å². The number of primary amides is 1. The molecule has 16 nitrogen and oxygen atoms in total. The van der Waals surface area contributed by atoms with Crippen LogP contribution in [0, 0.1) is 6.92 Å². The van der Waals surface area contributed by atoms with E-state index in [1.165, 1.54) is 12.0 Å². The molecule has 4 aromatic rings. The van der Waals surface area contributed by atoms with Gasteiger partial charge in [-0.2, -0.15) is 0 Å². The predicted molar refractivity (Wildman–Crippen MR) is 231 cm³/mol. The maximum Gasteiger partial charge on any atom is 0.408 e. The lowest BCUT2D eigenvalue weighted by Crippen LogP contribution is -2.69. The Morgan fingerprint density at radius 2 is 1.62 bits per heavy atom. The molecule has 0 saturated carbocycles. The van der Waals surface area contributed by atoms with Crippen molar-refractivity contribution in [2.24, 2.45) is 5.73 Å². The predicted octanol–water partition coefficient (Wildman–Crippen LogP) is 4.22. The first kappa shape index (κ1) is 45.7. The lowest BCUT2D eigenvalue weighted by atomic mass is 9.93. The molecule has 16 heteroatoms. The largest absolute Gasteiger partial charge is 0.469 e. The molecule has 1 aromatic heterocycles. The first-order valence-corrected chi connectivity index (χ1v) is 20.5. The minimum absolute atomic E-state index is 0.0500. The van der Waals surface area contributed by atoms with Crippen molar-refractivity contribution in [2.45, 2.75) is 102 Å². The van der Waals surface area contributed by atoms with Crippen LogP contribution in [0.5, 0.6) is 0 Å². The molecule has 61 heavy (non-hydrogen) atoms. The van der Waals surface area contributed by atoms with Gasteiger partial charge in [-0.25, -0.2) is 9.59 Å². The lowest BCUT2D eigenvalue weighted by Gasteiger charge is -2.44. The number of alkyl carbamates (subject to hydrolysis) is 1. The molecule has 2 heterocycles. The van der Waals surface area contributed by atoms with E-state index in [9.17, 15) is 28.8 Å². The molecular formula is C45H58N8O8. The summed E-state index contributed by atoms with van der Waals surface area (Å²) in [6.07, 6.45) is 2.25. The number of fused-ring (bicyclic) bond motifs is 1. The normalized spacial score (nSPS) is 16.8. The van der Waals surface area contributed by atoms with Crippen LogP contribution in [0.2, 0.25) is 0 Å². The molecule has 0 bridgehead atoms. The third-order valence-electron chi connectivity index (χ3n) is 10.5. The Morgan fingerprint density at radius 1 is 0.918 bits per heavy atom. The Labute approximate surface area is 356 Å². The highest BCUT2D eigenvalue weighted by Gasteiger charge is 2.43. The topological polar surface area (TPSA) is 226 Å². The van der Waals surface area contributed by atoms with Crippen molar-refractivity contribution in [3.63, 3.8) is 0 Å². The van der Waals surface area contributed by atoms with Gasteiger partial charge in [-0.05, 0) is 75.8 Å². The number of benzene rings is 3. The number of methoxy groups -OCH3 is 1. The Morgan fingerprint density at radius 3 is 2.33 bits per heavy atom. The third kappa shape index (κ3) is 13.3. The first-order valence-electron chi connectivity index (χ1n) is 20.5. The highest BCUT2D eigenvalue weighted by molar-refractivity contribution is 5.93. The third-order valence-corrected chi connectivity index (χ3v) is 10.5. The van der Waals surface area contributed by atoms with Crippen LogP contribution >= 0.6 is 0 Å². The summed E-state index contributed by atoms with van der Waals surface area (Å²) in [7, 11) is 1.22. The number of H-pyrrole nitrogens is 1. The van der Waals surface area contributed by atoms with Gasteiger partial charge in [0.05, 0.1) is 19.6 Å². The number of carbonyl (C=O) groups is 6. The van der Waals surface area contributed by atoms with E-state index in [-0.39, 0.29) is 31.8 Å². The number of aryl methyl sites for hydroxylation is 1. The quantitative estimate of drug-likeness (QED) is 0.0562. The number of nitrogens with zero attached hydrogens (tertiary/aromatic N) is 1. The molecule has 0 radical (unpaired) electrons. The fraction of sp³-hybridized carbons (Fsp3) is 0.422. The van der Waals surface area contributed by atoms with Crippen molar-refractivity contribution in [2.75, 3.05) is 25.5 Å². The van der Waals surface area contributed by atoms with Gasteiger partial charge in [0.2, 0.25) is 17.7 Å². The van der Waals surface area contributed by atoms with Crippen LogP contribution in [-0.2, 0) is 41.5 Å². The Kier molecular flexibility index (Phi) is 15.9. The van der Waals surface area contributed by atoms with Gasteiger partial charge in [0.25, 0.3) is 0 Å². The van der Waals surface area contributed by atoms with Crippen LogP contribution in [-0.4, -0.2) is 102 Å². The number of amides is 6. The summed E-state index contributed by atoms with van der Waals surface area (Å²) in [6, 6.07) is 19.1. The van der Waals surface area contributed by atoms with Crippen LogP contribution in [0.15, 0.2) is 85.1 Å². The molecule has 1 aliphatic rings. The van der Waals surface area contributed by atoms with Gasteiger partial charge in [0, 0.05) is 60.8 Å². The Balaban J connectivity index is 1.42. The maximum atomic E-state index is 14.6. The number of urea groups is 1. The van der Waals surface area contributed by atoms with Crippen molar-refractivity contribution in [1.82, 2.24) is 31.2 Å². The van der Waals surface area contributed by atoms with Crippen LogP contribution in [0.4, 0.5) is 15.3 Å². The number of para-hydroxylation sites is 2. The smallest absolute Gasteiger partial charge is 0.408 e. The highest BCUT2D eigenvalue weighted by atomic mass is 16.6. The molecule has 1 fully saturated rings. The van der Waals surface area contributed by atoms with Crippen LogP contribution < -0.4 is 32.3 Å². The molecule has 0 unspecified atom stereocenters. The fourth-order valence-electron chi connectivity index (χ4n) is 7.41. The van der Waals surface area contributed by atoms with E-state index in [2.05, 4.69) is 31.6 Å². The Hall–Kier alpha value is -6.42. The molecule has 8 N–H and O–H groups in total. The summed E-state index contributed by atoms with van der Waals surface area (Å²) in [5.41, 5.74) is 9.16. The summed E-state index contributed by atoms with van der Waals surface area (Å²) in [5.74, 6) is -2.42. The van der Waals surface area contributed by atoms with E-state index >= 15 is 0 Å². The van der Waals surface area contributed by atoms with E-state index in [0.29, 0.717) is 31.5 Å². The van der Waals surface area contributed by atoms with Crippen molar-refractivity contribution >= 4 is 52.4 Å². The summed E-state index contributed by atoms with van der Waals surface area (Å²) < 4.78 is 10.5. The van der Waals surface area contributed by atoms with E-state index in [0.717, 1.165) is 27.6 Å². The van der Waals surface area contributed by atoms with Gasteiger partial charge >= 0.3 is 18.1 Å². The van der Waals surface area contributed by atoms with Gasteiger partial charge in [0.1, 0.15) is 17.7 Å². The SMILES string of the molecule is COC(=O)C[C@@H]1N[C@@H]([C@H](CCCCNC(=O)Nc2ccccc2C)NC(=O)[C@H](Cc2c[nH]c3ccccc23)NC(=O)OC(C)(C)C)CN([C@@H](Cc2ccccc2)C(N)=O)C1=O. The zero-order valence-electron chi connectivity index (χ0n) is 35.4. The molecule has 5 rings (SSSR count). The first-order chi connectivity index (χ1) is 29.1. The number of hydrogen-bond acceptors (Lipinski definition) is 9. The molecule has 0 spiro atoms. The standard InChI is InChI=1S/C45H58N8O8/c1-28-15-9-11-19-32(28)51-43(58)47-22-14-13-21-34(50-41(56)35(52-44(59)61-45(2,3)4)24-30-26-48-33-20-12-10-18-31(30)33)37-27-53(42(57)36(49-37)25-39(54)60-5)38(40(46)55)23-29-16-7-6-8-17-29/h6-12,15-20,26,34-38,48-49H,13-14,21-25,27H2,1-5H3,(H2,46,55)(H,50,56)(H,52,59)(H2,47,51,58)/t34-,35-,36-,37+,38-/m0/s1. The molecular weight excluding hydrogens is 781 g/mol. The summed E-state index contributed by atoms with van der Waals surface area (Å²) in [5, 5.41) is 15.8. The second kappa shape index (κ2) is 21.2. The number of nitrogens with two attached hydrogens (primary N) is 1.